The van der Waals surface area contributed by atoms with Crippen LogP contribution in [-0.2, 0) is 4.74 Å². The second kappa shape index (κ2) is 7.65. The summed E-state index contributed by atoms with van der Waals surface area (Å²) in [5.41, 5.74) is 3.00. The van der Waals surface area contributed by atoms with E-state index in [0.717, 1.165) is 11.1 Å². The minimum absolute atomic E-state index is 0.199. The van der Waals surface area contributed by atoms with Crippen molar-refractivity contribution in [3.63, 3.8) is 0 Å². The molecule has 132 valence electrons. The first-order chi connectivity index (χ1) is 12.6. The molecule has 1 heterocycles. The van der Waals surface area contributed by atoms with Crippen molar-refractivity contribution in [2.45, 2.75) is 13.8 Å². The van der Waals surface area contributed by atoms with Gasteiger partial charge in [-0.2, -0.15) is 0 Å². The van der Waals surface area contributed by atoms with Crippen molar-refractivity contribution in [3.05, 3.63) is 71.7 Å². The van der Waals surface area contributed by atoms with E-state index >= 15 is 0 Å². The van der Waals surface area contributed by atoms with Crippen LogP contribution < -0.4 is 5.32 Å². The number of carbonyl (C=O) groups excluding carboxylic acids is 2. The van der Waals surface area contributed by atoms with E-state index in [9.17, 15) is 9.59 Å². The van der Waals surface area contributed by atoms with Crippen molar-refractivity contribution >= 4 is 17.6 Å². The molecule has 3 aromatic rings. The number of rotatable bonds is 5. The molecule has 26 heavy (non-hydrogen) atoms. The van der Waals surface area contributed by atoms with Gasteiger partial charge in [-0.3, -0.25) is 4.79 Å². The number of nitrogens with zero attached hydrogens (tertiary/aromatic N) is 1. The first kappa shape index (κ1) is 17.4. The van der Waals surface area contributed by atoms with E-state index in [0.29, 0.717) is 23.6 Å². The number of aromatic nitrogens is 1. The maximum Gasteiger partial charge on any atom is 0.338 e. The van der Waals surface area contributed by atoms with Gasteiger partial charge in [0.25, 0.3) is 5.91 Å². The summed E-state index contributed by atoms with van der Waals surface area (Å²) in [6, 6.07) is 14.1. The van der Waals surface area contributed by atoms with E-state index in [4.69, 9.17) is 9.15 Å². The van der Waals surface area contributed by atoms with Crippen LogP contribution in [0.4, 0.5) is 5.69 Å². The number of anilines is 1. The molecule has 0 aliphatic heterocycles. The molecule has 0 aliphatic carbocycles. The topological polar surface area (TPSA) is 81.4 Å². The Labute approximate surface area is 150 Å². The number of amides is 1. The van der Waals surface area contributed by atoms with Gasteiger partial charge < -0.3 is 14.5 Å². The zero-order chi connectivity index (χ0) is 18.5. The molecule has 0 bridgehead atoms. The van der Waals surface area contributed by atoms with E-state index < -0.39 is 5.97 Å². The average molecular weight is 350 g/mol. The fourth-order valence-corrected chi connectivity index (χ4v) is 2.49. The molecule has 1 N–H and O–H groups in total. The first-order valence-corrected chi connectivity index (χ1v) is 8.17. The summed E-state index contributed by atoms with van der Waals surface area (Å²) in [4.78, 5) is 28.2. The molecule has 2 aromatic carbocycles. The normalized spacial score (nSPS) is 10.4. The maximum absolute atomic E-state index is 12.6. The predicted molar refractivity (Wildman–Crippen MR) is 97.0 cm³/mol. The van der Waals surface area contributed by atoms with Crippen LogP contribution in [0.1, 0.15) is 33.3 Å². The molecule has 0 atom stereocenters. The molecule has 1 amide bonds. The number of hydrogen-bond acceptors (Lipinski definition) is 5. The number of carbonyl (C=O) groups is 2. The number of benzene rings is 2. The van der Waals surface area contributed by atoms with Gasteiger partial charge in [0, 0.05) is 11.3 Å². The highest BCUT2D eigenvalue weighted by atomic mass is 16.5. The SMILES string of the molecule is CCOC(=O)c1ccc(NC(=O)c2ncoc2-c2cccc(C)c2)cc1. The zero-order valence-corrected chi connectivity index (χ0v) is 14.5. The summed E-state index contributed by atoms with van der Waals surface area (Å²) in [6.07, 6.45) is 1.25. The van der Waals surface area contributed by atoms with E-state index in [1.807, 2.05) is 31.2 Å². The summed E-state index contributed by atoms with van der Waals surface area (Å²) in [5, 5.41) is 2.75. The lowest BCUT2D eigenvalue weighted by Gasteiger charge is -2.06. The number of nitrogens with one attached hydrogen (secondary N) is 1. The Hall–Kier alpha value is -3.41. The summed E-state index contributed by atoms with van der Waals surface area (Å²) < 4.78 is 10.3. The smallest absolute Gasteiger partial charge is 0.338 e. The molecule has 0 aliphatic rings. The molecule has 0 saturated carbocycles. The molecule has 0 fully saturated rings. The minimum Gasteiger partial charge on any atom is -0.462 e. The van der Waals surface area contributed by atoms with Gasteiger partial charge in [-0.05, 0) is 44.2 Å². The van der Waals surface area contributed by atoms with E-state index in [-0.39, 0.29) is 11.6 Å². The Morgan fingerprint density at radius 2 is 1.92 bits per heavy atom. The molecule has 0 spiro atoms. The highest BCUT2D eigenvalue weighted by Crippen LogP contribution is 2.24. The standard InChI is InChI=1S/C20H18N2O4/c1-3-25-20(24)14-7-9-16(10-8-14)22-19(23)17-18(26-12-21-17)15-6-4-5-13(2)11-15/h4-12H,3H2,1-2H3,(H,22,23). The third-order valence-corrected chi connectivity index (χ3v) is 3.72. The van der Waals surface area contributed by atoms with Crippen LogP contribution in [0, 0.1) is 6.92 Å². The largest absolute Gasteiger partial charge is 0.462 e. The van der Waals surface area contributed by atoms with Crippen molar-refractivity contribution in [2.24, 2.45) is 0 Å². The van der Waals surface area contributed by atoms with E-state index in [1.54, 1.807) is 31.2 Å². The molecule has 0 unspecified atom stereocenters. The third kappa shape index (κ3) is 3.80. The predicted octanol–water partition coefficient (Wildman–Crippen LogP) is 4.08. The van der Waals surface area contributed by atoms with Crippen LogP contribution >= 0.6 is 0 Å². The summed E-state index contributed by atoms with van der Waals surface area (Å²) in [5.74, 6) is -0.378. The van der Waals surface area contributed by atoms with Crippen LogP contribution in [0.2, 0.25) is 0 Å². The second-order valence-corrected chi connectivity index (χ2v) is 5.65. The van der Waals surface area contributed by atoms with E-state index in [1.165, 1.54) is 6.39 Å². The first-order valence-electron chi connectivity index (χ1n) is 8.17. The maximum atomic E-state index is 12.6. The van der Waals surface area contributed by atoms with Crippen molar-refractivity contribution in [2.75, 3.05) is 11.9 Å². The summed E-state index contributed by atoms with van der Waals surface area (Å²) in [7, 11) is 0. The molecule has 3 rings (SSSR count). The lowest BCUT2D eigenvalue weighted by molar-refractivity contribution is 0.0526. The van der Waals surface area contributed by atoms with Crippen molar-refractivity contribution < 1.29 is 18.7 Å². The van der Waals surface area contributed by atoms with Crippen LogP contribution in [0.3, 0.4) is 0 Å². The number of ether oxygens (including phenoxy) is 1. The van der Waals surface area contributed by atoms with Crippen LogP contribution in [0.5, 0.6) is 0 Å². The Bertz CT molecular complexity index is 929. The van der Waals surface area contributed by atoms with Crippen LogP contribution in [0.25, 0.3) is 11.3 Å². The van der Waals surface area contributed by atoms with Crippen molar-refractivity contribution in [1.82, 2.24) is 4.98 Å². The number of aryl methyl sites for hydroxylation is 1. The van der Waals surface area contributed by atoms with E-state index in [2.05, 4.69) is 10.3 Å². The van der Waals surface area contributed by atoms with Crippen molar-refractivity contribution in [1.29, 1.82) is 0 Å². The van der Waals surface area contributed by atoms with Crippen LogP contribution in [0.15, 0.2) is 59.3 Å². The van der Waals surface area contributed by atoms with Crippen LogP contribution in [-0.4, -0.2) is 23.5 Å². The molecule has 6 heteroatoms. The second-order valence-electron chi connectivity index (χ2n) is 5.65. The van der Waals surface area contributed by atoms with Gasteiger partial charge in [0.15, 0.2) is 17.8 Å². The Morgan fingerprint density at radius 3 is 2.62 bits per heavy atom. The molecule has 0 radical (unpaired) electrons. The fraction of sp³-hybridized carbons (Fsp3) is 0.150. The highest BCUT2D eigenvalue weighted by Gasteiger charge is 2.18. The zero-order valence-electron chi connectivity index (χ0n) is 14.5. The van der Waals surface area contributed by atoms with Gasteiger partial charge in [-0.1, -0.05) is 23.8 Å². The van der Waals surface area contributed by atoms with Gasteiger partial charge in [0.1, 0.15) is 0 Å². The van der Waals surface area contributed by atoms with Gasteiger partial charge in [-0.15, -0.1) is 0 Å². The molecule has 1 aromatic heterocycles. The number of hydrogen-bond donors (Lipinski definition) is 1. The monoisotopic (exact) mass is 350 g/mol. The molecular weight excluding hydrogens is 332 g/mol. The number of oxazole rings is 1. The lowest BCUT2D eigenvalue weighted by Crippen LogP contribution is -2.13. The van der Waals surface area contributed by atoms with Gasteiger partial charge in [0.05, 0.1) is 12.2 Å². The Balaban J connectivity index is 1.77. The Kier molecular flexibility index (Phi) is 5.12. The van der Waals surface area contributed by atoms with Gasteiger partial charge in [-0.25, -0.2) is 9.78 Å². The van der Waals surface area contributed by atoms with Gasteiger partial charge >= 0.3 is 5.97 Å². The molecule has 0 saturated heterocycles. The fourth-order valence-electron chi connectivity index (χ4n) is 2.49. The minimum atomic E-state index is -0.399. The third-order valence-electron chi connectivity index (χ3n) is 3.72. The average Bonchev–Trinajstić information content (AvgIpc) is 3.12. The van der Waals surface area contributed by atoms with Crippen molar-refractivity contribution in [3.8, 4) is 11.3 Å². The quantitative estimate of drug-likeness (QED) is 0.701. The summed E-state index contributed by atoms with van der Waals surface area (Å²) >= 11 is 0. The lowest BCUT2D eigenvalue weighted by atomic mass is 10.1. The van der Waals surface area contributed by atoms with Gasteiger partial charge in [0.2, 0.25) is 0 Å². The summed E-state index contributed by atoms with van der Waals surface area (Å²) in [6.45, 7) is 4.02. The highest BCUT2D eigenvalue weighted by molar-refractivity contribution is 6.06. The Morgan fingerprint density at radius 1 is 1.15 bits per heavy atom. The number of esters is 1. The molecular formula is C20H18N2O4. The molecule has 6 nitrogen and oxygen atoms in total.